The smallest absolute Gasteiger partial charge is 0.127 e. The van der Waals surface area contributed by atoms with Gasteiger partial charge in [0.05, 0.1) is 0 Å². The number of hydrogen-bond donors (Lipinski definition) is 1. The Hall–Kier alpha value is -1.38. The molecule has 0 heterocycles. The standard InChI is InChI=1S/C18H19ClFN/c19-14-9-8-13(17(20)11-14)10-18(21)16-7-3-5-12-4-1-2-6-15(12)16/h1-2,4,6,8-9,11,16,18H,3,5,7,10,21H2. The molecule has 0 fully saturated rings. The van der Waals surface area contributed by atoms with Crippen molar-refractivity contribution < 1.29 is 4.39 Å². The second-order valence-corrected chi connectivity index (χ2v) is 6.24. The molecule has 0 saturated heterocycles. The van der Waals surface area contributed by atoms with Crippen LogP contribution in [-0.4, -0.2) is 6.04 Å². The van der Waals surface area contributed by atoms with Crippen molar-refractivity contribution in [1.82, 2.24) is 0 Å². The summed E-state index contributed by atoms with van der Waals surface area (Å²) >= 11 is 5.80. The number of fused-ring (bicyclic) bond motifs is 1. The fourth-order valence-corrected chi connectivity index (χ4v) is 3.48. The summed E-state index contributed by atoms with van der Waals surface area (Å²) in [5.41, 5.74) is 9.78. The summed E-state index contributed by atoms with van der Waals surface area (Å²) in [5.74, 6) is 0.0482. The first-order valence-corrected chi connectivity index (χ1v) is 7.80. The van der Waals surface area contributed by atoms with Gasteiger partial charge in [0.25, 0.3) is 0 Å². The third-order valence-corrected chi connectivity index (χ3v) is 4.64. The summed E-state index contributed by atoms with van der Waals surface area (Å²) < 4.78 is 13.9. The highest BCUT2D eigenvalue weighted by molar-refractivity contribution is 6.30. The lowest BCUT2D eigenvalue weighted by atomic mass is 9.77. The van der Waals surface area contributed by atoms with Gasteiger partial charge in [0, 0.05) is 11.1 Å². The van der Waals surface area contributed by atoms with Crippen LogP contribution in [0, 0.1) is 5.82 Å². The van der Waals surface area contributed by atoms with Gasteiger partial charge in [0.15, 0.2) is 0 Å². The average molecular weight is 304 g/mol. The Morgan fingerprint density at radius 2 is 2.05 bits per heavy atom. The molecular formula is C18H19ClFN. The third-order valence-electron chi connectivity index (χ3n) is 4.40. The quantitative estimate of drug-likeness (QED) is 0.889. The van der Waals surface area contributed by atoms with Gasteiger partial charge in [-0.05, 0) is 60.4 Å². The van der Waals surface area contributed by atoms with E-state index < -0.39 is 0 Å². The summed E-state index contributed by atoms with van der Waals surface area (Å²) in [5, 5.41) is 0.424. The molecule has 0 aromatic heterocycles. The summed E-state index contributed by atoms with van der Waals surface area (Å²) in [6.45, 7) is 0. The Morgan fingerprint density at radius 1 is 1.24 bits per heavy atom. The number of rotatable bonds is 3. The van der Waals surface area contributed by atoms with E-state index >= 15 is 0 Å². The third kappa shape index (κ3) is 3.12. The van der Waals surface area contributed by atoms with E-state index in [1.807, 2.05) is 0 Å². The van der Waals surface area contributed by atoms with Gasteiger partial charge < -0.3 is 5.73 Å². The molecule has 21 heavy (non-hydrogen) atoms. The Bertz CT molecular complexity index is 641. The summed E-state index contributed by atoms with van der Waals surface area (Å²) in [7, 11) is 0. The predicted octanol–water partition coefficient (Wildman–Crippen LogP) is 4.47. The van der Waals surface area contributed by atoms with E-state index in [1.54, 1.807) is 12.1 Å². The zero-order chi connectivity index (χ0) is 14.8. The summed E-state index contributed by atoms with van der Waals surface area (Å²) in [6.07, 6.45) is 3.89. The lowest BCUT2D eigenvalue weighted by Crippen LogP contribution is -2.33. The molecule has 2 aromatic rings. The van der Waals surface area contributed by atoms with Crippen molar-refractivity contribution in [2.75, 3.05) is 0 Å². The maximum absolute atomic E-state index is 13.9. The molecular weight excluding hydrogens is 285 g/mol. The molecule has 1 aliphatic rings. The number of nitrogens with two attached hydrogens (primary N) is 1. The first-order chi connectivity index (χ1) is 10.1. The van der Waals surface area contributed by atoms with Crippen LogP contribution >= 0.6 is 11.6 Å². The fourth-order valence-electron chi connectivity index (χ4n) is 3.32. The zero-order valence-corrected chi connectivity index (χ0v) is 12.6. The molecule has 110 valence electrons. The van der Waals surface area contributed by atoms with Crippen LogP contribution in [0.4, 0.5) is 4.39 Å². The maximum atomic E-state index is 13.9. The topological polar surface area (TPSA) is 26.0 Å². The second-order valence-electron chi connectivity index (χ2n) is 5.80. The molecule has 2 aromatic carbocycles. The van der Waals surface area contributed by atoms with Crippen molar-refractivity contribution >= 4 is 11.6 Å². The van der Waals surface area contributed by atoms with Crippen LogP contribution in [0.25, 0.3) is 0 Å². The van der Waals surface area contributed by atoms with Crippen LogP contribution in [0.2, 0.25) is 5.02 Å². The van der Waals surface area contributed by atoms with Crippen LogP contribution < -0.4 is 5.73 Å². The maximum Gasteiger partial charge on any atom is 0.127 e. The van der Waals surface area contributed by atoms with E-state index in [1.165, 1.54) is 17.2 Å². The molecule has 0 bridgehead atoms. The van der Waals surface area contributed by atoms with Gasteiger partial charge in [-0.3, -0.25) is 0 Å². The second kappa shape index (κ2) is 6.17. The lowest BCUT2D eigenvalue weighted by Gasteiger charge is -2.30. The first kappa shape index (κ1) is 14.6. The number of hydrogen-bond acceptors (Lipinski definition) is 1. The van der Waals surface area contributed by atoms with Gasteiger partial charge >= 0.3 is 0 Å². The van der Waals surface area contributed by atoms with Crippen LogP contribution in [0.3, 0.4) is 0 Å². The van der Waals surface area contributed by atoms with E-state index in [0.29, 0.717) is 22.9 Å². The molecule has 3 rings (SSSR count). The van der Waals surface area contributed by atoms with Crippen molar-refractivity contribution in [1.29, 1.82) is 0 Å². The molecule has 3 heteroatoms. The zero-order valence-electron chi connectivity index (χ0n) is 11.9. The van der Waals surface area contributed by atoms with Gasteiger partial charge in [0.1, 0.15) is 5.82 Å². The number of benzene rings is 2. The largest absolute Gasteiger partial charge is 0.327 e. The monoisotopic (exact) mass is 303 g/mol. The highest BCUT2D eigenvalue weighted by Gasteiger charge is 2.26. The van der Waals surface area contributed by atoms with E-state index in [2.05, 4.69) is 24.3 Å². The summed E-state index contributed by atoms with van der Waals surface area (Å²) in [4.78, 5) is 0. The van der Waals surface area contributed by atoms with Crippen molar-refractivity contribution in [2.24, 2.45) is 5.73 Å². The number of aryl methyl sites for hydroxylation is 1. The molecule has 1 aliphatic carbocycles. The fraction of sp³-hybridized carbons (Fsp3) is 0.333. The van der Waals surface area contributed by atoms with Crippen molar-refractivity contribution in [3.05, 3.63) is 70.0 Å². The van der Waals surface area contributed by atoms with Gasteiger partial charge in [-0.2, -0.15) is 0 Å². The SMILES string of the molecule is NC(Cc1ccc(Cl)cc1F)C1CCCc2ccccc21. The molecule has 1 nitrogen and oxygen atoms in total. The first-order valence-electron chi connectivity index (χ1n) is 7.42. The molecule has 0 aliphatic heterocycles. The van der Waals surface area contributed by atoms with Gasteiger partial charge in [0.2, 0.25) is 0 Å². The minimum Gasteiger partial charge on any atom is -0.327 e. The predicted molar refractivity (Wildman–Crippen MR) is 85.2 cm³/mol. The number of halogens is 2. The molecule has 0 radical (unpaired) electrons. The Morgan fingerprint density at radius 3 is 2.86 bits per heavy atom. The highest BCUT2D eigenvalue weighted by Crippen LogP contribution is 2.34. The van der Waals surface area contributed by atoms with Gasteiger partial charge in [-0.25, -0.2) is 4.39 Å². The molecule has 0 amide bonds. The van der Waals surface area contributed by atoms with Gasteiger partial charge in [-0.15, -0.1) is 0 Å². The van der Waals surface area contributed by atoms with E-state index in [9.17, 15) is 4.39 Å². The van der Waals surface area contributed by atoms with Gasteiger partial charge in [-0.1, -0.05) is 41.9 Å². The lowest BCUT2D eigenvalue weighted by molar-refractivity contribution is 0.454. The minimum atomic E-state index is -0.262. The minimum absolute atomic E-state index is 0.0675. The van der Waals surface area contributed by atoms with Crippen molar-refractivity contribution in [3.63, 3.8) is 0 Å². The Kier molecular flexibility index (Phi) is 4.27. The molecule has 2 unspecified atom stereocenters. The normalized spacial score (nSPS) is 19.1. The molecule has 0 saturated carbocycles. The van der Waals surface area contributed by atoms with Crippen LogP contribution in [0.5, 0.6) is 0 Å². The summed E-state index contributed by atoms with van der Waals surface area (Å²) in [6, 6.07) is 13.2. The Labute approximate surface area is 129 Å². The van der Waals surface area contributed by atoms with Crippen molar-refractivity contribution in [2.45, 2.75) is 37.6 Å². The van der Waals surface area contributed by atoms with E-state index in [0.717, 1.165) is 19.3 Å². The van der Waals surface area contributed by atoms with Crippen molar-refractivity contribution in [3.8, 4) is 0 Å². The molecule has 2 N–H and O–H groups in total. The van der Waals surface area contributed by atoms with Crippen LogP contribution in [-0.2, 0) is 12.8 Å². The molecule has 0 spiro atoms. The van der Waals surface area contributed by atoms with Crippen LogP contribution in [0.1, 0.15) is 35.4 Å². The highest BCUT2D eigenvalue weighted by atomic mass is 35.5. The average Bonchev–Trinajstić information content (AvgIpc) is 2.49. The van der Waals surface area contributed by atoms with E-state index in [4.69, 9.17) is 17.3 Å². The molecule has 2 atom stereocenters. The Balaban J connectivity index is 1.81. The van der Waals surface area contributed by atoms with E-state index in [-0.39, 0.29) is 11.9 Å². The van der Waals surface area contributed by atoms with Crippen LogP contribution in [0.15, 0.2) is 42.5 Å².